The molecule has 0 saturated heterocycles. The minimum atomic E-state index is -0.524. The quantitative estimate of drug-likeness (QED) is 0.394. The van der Waals surface area contributed by atoms with Gasteiger partial charge in [0.1, 0.15) is 0 Å². The van der Waals surface area contributed by atoms with Crippen LogP contribution in [0.25, 0.3) is 10.8 Å². The number of rotatable bonds is 3. The standard InChI is InChI=1S/C23H16ClNO2/c24-22-20-14-8-7-9-17(20)15-16-21(22)27-23(26)25(18-10-3-1-4-11-18)19-12-5-2-6-13-19/h1-16H. The average Bonchev–Trinajstić information content (AvgIpc) is 2.72. The highest BCUT2D eigenvalue weighted by Crippen LogP contribution is 2.34. The van der Waals surface area contributed by atoms with Gasteiger partial charge in [-0.2, -0.15) is 0 Å². The first-order chi connectivity index (χ1) is 13.2. The molecule has 0 bridgehead atoms. The summed E-state index contributed by atoms with van der Waals surface area (Å²) in [6.07, 6.45) is -0.524. The molecule has 0 atom stereocenters. The first-order valence-corrected chi connectivity index (χ1v) is 8.91. The molecule has 0 spiro atoms. The van der Waals surface area contributed by atoms with Crippen LogP contribution in [0.2, 0.25) is 5.02 Å². The second-order valence-electron chi connectivity index (χ2n) is 5.97. The van der Waals surface area contributed by atoms with Crippen molar-refractivity contribution in [3.8, 4) is 5.75 Å². The Morgan fingerprint density at radius 1 is 0.704 bits per heavy atom. The lowest BCUT2D eigenvalue weighted by atomic mass is 10.1. The predicted molar refractivity (Wildman–Crippen MR) is 110 cm³/mol. The molecule has 4 aromatic rings. The van der Waals surface area contributed by atoms with Crippen LogP contribution >= 0.6 is 11.6 Å². The van der Waals surface area contributed by atoms with Crippen LogP contribution in [0.4, 0.5) is 16.2 Å². The fourth-order valence-electron chi connectivity index (χ4n) is 2.95. The van der Waals surface area contributed by atoms with Crippen LogP contribution in [0.5, 0.6) is 5.75 Å². The average molecular weight is 374 g/mol. The molecule has 0 saturated carbocycles. The molecule has 0 aliphatic heterocycles. The molecule has 0 aromatic heterocycles. The van der Waals surface area contributed by atoms with Crippen LogP contribution in [-0.2, 0) is 0 Å². The number of anilines is 2. The van der Waals surface area contributed by atoms with Crippen LogP contribution in [0.15, 0.2) is 97.1 Å². The first kappa shape index (κ1) is 17.1. The Morgan fingerprint density at radius 3 is 1.89 bits per heavy atom. The Balaban J connectivity index is 1.72. The highest BCUT2D eigenvalue weighted by molar-refractivity contribution is 6.37. The third-order valence-electron chi connectivity index (χ3n) is 4.24. The van der Waals surface area contributed by atoms with Gasteiger partial charge in [-0.05, 0) is 35.7 Å². The third-order valence-corrected chi connectivity index (χ3v) is 4.63. The van der Waals surface area contributed by atoms with Crippen molar-refractivity contribution in [2.45, 2.75) is 0 Å². The number of benzene rings is 4. The second-order valence-corrected chi connectivity index (χ2v) is 6.35. The second kappa shape index (κ2) is 7.52. The molecule has 0 heterocycles. The normalized spacial score (nSPS) is 10.6. The maximum atomic E-state index is 13.0. The van der Waals surface area contributed by atoms with Gasteiger partial charge in [0.15, 0.2) is 5.75 Å². The minimum absolute atomic E-state index is 0.331. The van der Waals surface area contributed by atoms with Gasteiger partial charge in [-0.1, -0.05) is 78.3 Å². The van der Waals surface area contributed by atoms with E-state index in [0.29, 0.717) is 22.1 Å². The third kappa shape index (κ3) is 3.50. The Morgan fingerprint density at radius 2 is 1.26 bits per heavy atom. The SMILES string of the molecule is O=C(Oc1ccc2ccccc2c1Cl)N(c1ccccc1)c1ccccc1. The monoisotopic (exact) mass is 373 g/mol. The zero-order valence-electron chi connectivity index (χ0n) is 14.4. The lowest BCUT2D eigenvalue weighted by Crippen LogP contribution is -2.29. The molecule has 0 aliphatic carbocycles. The fraction of sp³-hybridized carbons (Fsp3) is 0. The van der Waals surface area contributed by atoms with Gasteiger partial charge >= 0.3 is 6.09 Å². The summed E-state index contributed by atoms with van der Waals surface area (Å²) in [5, 5.41) is 2.25. The van der Waals surface area contributed by atoms with Crippen molar-refractivity contribution in [1.82, 2.24) is 0 Å². The number of hydrogen-bond acceptors (Lipinski definition) is 2. The van der Waals surface area contributed by atoms with Crippen LogP contribution in [0, 0.1) is 0 Å². The van der Waals surface area contributed by atoms with Crippen molar-refractivity contribution in [3.63, 3.8) is 0 Å². The number of para-hydroxylation sites is 2. The maximum absolute atomic E-state index is 13.0. The van der Waals surface area contributed by atoms with E-state index in [-0.39, 0.29) is 0 Å². The number of carbonyl (C=O) groups excluding carboxylic acids is 1. The molecule has 0 radical (unpaired) electrons. The van der Waals surface area contributed by atoms with E-state index in [9.17, 15) is 4.79 Å². The molecule has 132 valence electrons. The van der Waals surface area contributed by atoms with E-state index in [0.717, 1.165) is 10.8 Å². The van der Waals surface area contributed by atoms with Gasteiger partial charge in [0.05, 0.1) is 16.4 Å². The zero-order chi connectivity index (χ0) is 18.6. The number of hydrogen-bond donors (Lipinski definition) is 0. The number of ether oxygens (including phenoxy) is 1. The van der Waals surface area contributed by atoms with Crippen LogP contribution in [0.3, 0.4) is 0 Å². The lowest BCUT2D eigenvalue weighted by Gasteiger charge is -2.22. The Labute approximate surface area is 162 Å². The number of fused-ring (bicyclic) bond motifs is 1. The van der Waals surface area contributed by atoms with Gasteiger partial charge in [0, 0.05) is 5.39 Å². The van der Waals surface area contributed by atoms with E-state index in [2.05, 4.69) is 0 Å². The number of nitrogens with zero attached hydrogens (tertiary/aromatic N) is 1. The van der Waals surface area contributed by atoms with Crippen LogP contribution in [0.1, 0.15) is 0 Å². The molecule has 3 nitrogen and oxygen atoms in total. The van der Waals surface area contributed by atoms with Gasteiger partial charge in [0.25, 0.3) is 0 Å². The summed E-state index contributed by atoms with van der Waals surface area (Å²) in [7, 11) is 0. The zero-order valence-corrected chi connectivity index (χ0v) is 15.1. The van der Waals surface area contributed by atoms with E-state index in [4.69, 9.17) is 16.3 Å². The summed E-state index contributed by atoms with van der Waals surface area (Å²) in [4.78, 5) is 14.6. The molecule has 1 amide bonds. The maximum Gasteiger partial charge on any atom is 0.424 e. The number of halogens is 1. The summed E-state index contributed by atoms with van der Waals surface area (Å²) >= 11 is 6.49. The van der Waals surface area contributed by atoms with Crippen molar-refractivity contribution in [2.75, 3.05) is 4.90 Å². The van der Waals surface area contributed by atoms with Crippen molar-refractivity contribution < 1.29 is 9.53 Å². The van der Waals surface area contributed by atoms with E-state index in [1.807, 2.05) is 91.0 Å². The van der Waals surface area contributed by atoms with Crippen molar-refractivity contribution in [1.29, 1.82) is 0 Å². The highest BCUT2D eigenvalue weighted by atomic mass is 35.5. The first-order valence-electron chi connectivity index (χ1n) is 8.53. The van der Waals surface area contributed by atoms with Gasteiger partial charge < -0.3 is 4.74 Å². The molecule has 4 heteroatoms. The summed E-state index contributed by atoms with van der Waals surface area (Å²) in [6, 6.07) is 30.1. The van der Waals surface area contributed by atoms with E-state index < -0.39 is 6.09 Å². The smallest absolute Gasteiger partial charge is 0.408 e. The predicted octanol–water partition coefficient (Wildman–Crippen LogP) is 6.83. The Bertz CT molecular complexity index is 1040. The number of amides is 1. The lowest BCUT2D eigenvalue weighted by molar-refractivity contribution is 0.210. The van der Waals surface area contributed by atoms with Gasteiger partial charge in [-0.15, -0.1) is 0 Å². The van der Waals surface area contributed by atoms with Crippen LogP contribution < -0.4 is 9.64 Å². The van der Waals surface area contributed by atoms with Gasteiger partial charge in [0.2, 0.25) is 0 Å². The van der Waals surface area contributed by atoms with Gasteiger partial charge in [-0.3, -0.25) is 0 Å². The van der Waals surface area contributed by atoms with Gasteiger partial charge in [-0.25, -0.2) is 9.69 Å². The highest BCUT2D eigenvalue weighted by Gasteiger charge is 2.21. The molecule has 27 heavy (non-hydrogen) atoms. The van der Waals surface area contributed by atoms with Crippen molar-refractivity contribution in [3.05, 3.63) is 102 Å². The summed E-state index contributed by atoms with van der Waals surface area (Å²) in [6.45, 7) is 0. The summed E-state index contributed by atoms with van der Waals surface area (Å²) in [5.41, 5.74) is 1.43. The molecule has 0 aliphatic rings. The molecule has 0 fully saturated rings. The van der Waals surface area contributed by atoms with Crippen LogP contribution in [-0.4, -0.2) is 6.09 Å². The molecule has 0 unspecified atom stereocenters. The fourth-order valence-corrected chi connectivity index (χ4v) is 3.22. The van der Waals surface area contributed by atoms with Crippen molar-refractivity contribution in [2.24, 2.45) is 0 Å². The minimum Gasteiger partial charge on any atom is -0.408 e. The van der Waals surface area contributed by atoms with Crippen molar-refractivity contribution >= 4 is 39.8 Å². The topological polar surface area (TPSA) is 29.5 Å². The Kier molecular flexibility index (Phi) is 4.77. The number of carbonyl (C=O) groups is 1. The summed E-state index contributed by atoms with van der Waals surface area (Å²) in [5.74, 6) is 0.331. The largest absolute Gasteiger partial charge is 0.424 e. The molecule has 0 N–H and O–H groups in total. The molecular weight excluding hydrogens is 358 g/mol. The molecule has 4 rings (SSSR count). The molecule has 4 aromatic carbocycles. The van der Waals surface area contributed by atoms with E-state index in [1.54, 1.807) is 6.07 Å². The summed E-state index contributed by atoms with van der Waals surface area (Å²) < 4.78 is 5.68. The molecular formula is C23H16ClNO2. The van der Waals surface area contributed by atoms with E-state index in [1.165, 1.54) is 4.90 Å². The Hall–Kier alpha value is -3.30. The van der Waals surface area contributed by atoms with E-state index >= 15 is 0 Å².